The third-order valence-electron chi connectivity index (χ3n) is 2.88. The van der Waals surface area contributed by atoms with Crippen molar-refractivity contribution in [2.75, 3.05) is 33.2 Å². The fourth-order valence-corrected chi connectivity index (χ4v) is 2.07. The van der Waals surface area contributed by atoms with E-state index in [4.69, 9.17) is 14.2 Å². The van der Waals surface area contributed by atoms with E-state index in [0.717, 1.165) is 0 Å². The normalized spacial score (nSPS) is 39.2. The molecule has 0 aromatic rings. The summed E-state index contributed by atoms with van der Waals surface area (Å²) in [7, 11) is 0. The molecule has 2 rings (SSSR count). The highest BCUT2D eigenvalue weighted by Crippen LogP contribution is 2.34. The van der Waals surface area contributed by atoms with Crippen molar-refractivity contribution in [2.45, 2.75) is 13.0 Å². The summed E-state index contributed by atoms with van der Waals surface area (Å²) >= 11 is 0. The second-order valence-corrected chi connectivity index (χ2v) is 4.11. The van der Waals surface area contributed by atoms with Crippen molar-refractivity contribution >= 4 is 0 Å². The van der Waals surface area contributed by atoms with Crippen LogP contribution in [0, 0.1) is 11.3 Å². The van der Waals surface area contributed by atoms with Crippen LogP contribution in [0.15, 0.2) is 0 Å². The van der Waals surface area contributed by atoms with Gasteiger partial charge in [-0.2, -0.15) is 0 Å². The Morgan fingerprint density at radius 1 is 1.15 bits per heavy atom. The SMILES string of the molecule is CC1COCC2(COCOC2)C1O. The first kappa shape index (κ1) is 9.40. The van der Waals surface area contributed by atoms with E-state index in [0.29, 0.717) is 33.2 Å². The predicted molar refractivity (Wildman–Crippen MR) is 45.2 cm³/mol. The Morgan fingerprint density at radius 3 is 2.46 bits per heavy atom. The van der Waals surface area contributed by atoms with E-state index in [-0.39, 0.29) is 17.4 Å². The van der Waals surface area contributed by atoms with Gasteiger partial charge in [0.15, 0.2) is 0 Å². The van der Waals surface area contributed by atoms with E-state index in [1.54, 1.807) is 0 Å². The average molecular weight is 188 g/mol. The third-order valence-corrected chi connectivity index (χ3v) is 2.88. The fourth-order valence-electron chi connectivity index (χ4n) is 2.07. The molecule has 2 atom stereocenters. The van der Waals surface area contributed by atoms with Gasteiger partial charge in [0.05, 0.1) is 37.9 Å². The van der Waals surface area contributed by atoms with Gasteiger partial charge in [0, 0.05) is 5.92 Å². The molecule has 2 unspecified atom stereocenters. The minimum absolute atomic E-state index is 0.166. The van der Waals surface area contributed by atoms with E-state index < -0.39 is 0 Å². The van der Waals surface area contributed by atoms with Gasteiger partial charge in [-0.1, -0.05) is 6.92 Å². The molecule has 1 spiro atoms. The Hall–Kier alpha value is -0.160. The fraction of sp³-hybridized carbons (Fsp3) is 1.00. The van der Waals surface area contributed by atoms with Crippen LogP contribution >= 0.6 is 0 Å². The minimum atomic E-state index is -0.374. The summed E-state index contributed by atoms with van der Waals surface area (Å²) in [6.45, 7) is 4.57. The van der Waals surface area contributed by atoms with Crippen LogP contribution in [0.1, 0.15) is 6.92 Å². The van der Waals surface area contributed by atoms with E-state index in [1.165, 1.54) is 0 Å². The molecule has 76 valence electrons. The predicted octanol–water partition coefficient (Wildman–Crippen LogP) is 0.00430. The highest BCUT2D eigenvalue weighted by atomic mass is 16.7. The molecule has 4 nitrogen and oxygen atoms in total. The summed E-state index contributed by atoms with van der Waals surface area (Å²) in [6.07, 6.45) is -0.374. The number of hydrogen-bond acceptors (Lipinski definition) is 4. The van der Waals surface area contributed by atoms with Gasteiger partial charge in [-0.25, -0.2) is 0 Å². The number of aliphatic hydroxyl groups excluding tert-OH is 1. The van der Waals surface area contributed by atoms with E-state index in [9.17, 15) is 5.11 Å². The maximum Gasteiger partial charge on any atom is 0.146 e. The summed E-state index contributed by atoms with van der Waals surface area (Å²) < 4.78 is 15.9. The van der Waals surface area contributed by atoms with Crippen LogP contribution in [0.25, 0.3) is 0 Å². The first-order chi connectivity index (χ1) is 6.25. The van der Waals surface area contributed by atoms with Crippen LogP contribution in [0.3, 0.4) is 0 Å². The molecule has 0 amide bonds. The lowest BCUT2D eigenvalue weighted by Gasteiger charge is -2.45. The molecule has 4 heteroatoms. The largest absolute Gasteiger partial charge is 0.392 e. The van der Waals surface area contributed by atoms with Gasteiger partial charge in [0.1, 0.15) is 6.79 Å². The molecular formula is C9H16O4. The van der Waals surface area contributed by atoms with Crippen molar-refractivity contribution < 1.29 is 19.3 Å². The Bertz CT molecular complexity index is 171. The second-order valence-electron chi connectivity index (χ2n) is 4.11. The van der Waals surface area contributed by atoms with Crippen molar-refractivity contribution in [2.24, 2.45) is 11.3 Å². The van der Waals surface area contributed by atoms with Gasteiger partial charge in [-0.3, -0.25) is 0 Å². The van der Waals surface area contributed by atoms with Crippen LogP contribution in [0.5, 0.6) is 0 Å². The Morgan fingerprint density at radius 2 is 1.77 bits per heavy atom. The quantitative estimate of drug-likeness (QED) is 0.581. The average Bonchev–Trinajstić information content (AvgIpc) is 2.16. The Kier molecular flexibility index (Phi) is 2.55. The lowest BCUT2D eigenvalue weighted by Crippen LogP contribution is -2.56. The first-order valence-corrected chi connectivity index (χ1v) is 4.66. The number of aliphatic hydroxyl groups is 1. The van der Waals surface area contributed by atoms with E-state index >= 15 is 0 Å². The topological polar surface area (TPSA) is 47.9 Å². The summed E-state index contributed by atoms with van der Waals surface area (Å²) in [5.74, 6) is 0.166. The molecule has 0 aromatic heterocycles. The highest BCUT2D eigenvalue weighted by molar-refractivity contribution is 4.92. The molecule has 0 saturated carbocycles. The van der Waals surface area contributed by atoms with Crippen molar-refractivity contribution in [1.82, 2.24) is 0 Å². The van der Waals surface area contributed by atoms with Gasteiger partial charge in [0.2, 0.25) is 0 Å². The molecule has 0 bridgehead atoms. The lowest BCUT2D eigenvalue weighted by molar-refractivity contribution is -0.241. The van der Waals surface area contributed by atoms with Gasteiger partial charge < -0.3 is 19.3 Å². The summed E-state index contributed by atoms with van der Waals surface area (Å²) in [4.78, 5) is 0. The molecule has 2 aliphatic rings. The molecule has 2 fully saturated rings. The lowest BCUT2D eigenvalue weighted by atomic mass is 9.76. The number of rotatable bonds is 0. The monoisotopic (exact) mass is 188 g/mol. The maximum atomic E-state index is 10.0. The number of hydrogen-bond donors (Lipinski definition) is 1. The zero-order valence-electron chi connectivity index (χ0n) is 7.86. The van der Waals surface area contributed by atoms with Gasteiger partial charge in [-0.15, -0.1) is 0 Å². The zero-order valence-corrected chi connectivity index (χ0v) is 7.86. The molecule has 0 radical (unpaired) electrons. The van der Waals surface area contributed by atoms with E-state index in [2.05, 4.69) is 0 Å². The van der Waals surface area contributed by atoms with Crippen LogP contribution in [0.2, 0.25) is 0 Å². The Balaban J connectivity index is 2.09. The highest BCUT2D eigenvalue weighted by Gasteiger charge is 2.46. The molecule has 2 saturated heterocycles. The molecule has 0 aliphatic carbocycles. The zero-order chi connectivity index (χ0) is 9.31. The van der Waals surface area contributed by atoms with Crippen LogP contribution in [0.4, 0.5) is 0 Å². The van der Waals surface area contributed by atoms with E-state index in [1.807, 2.05) is 6.92 Å². The Labute approximate surface area is 77.8 Å². The van der Waals surface area contributed by atoms with Crippen LogP contribution in [-0.4, -0.2) is 44.4 Å². The summed E-state index contributed by atoms with van der Waals surface area (Å²) in [5.41, 5.74) is -0.323. The summed E-state index contributed by atoms with van der Waals surface area (Å²) in [6, 6.07) is 0. The smallest absolute Gasteiger partial charge is 0.146 e. The molecule has 2 aliphatic heterocycles. The van der Waals surface area contributed by atoms with Crippen molar-refractivity contribution in [3.8, 4) is 0 Å². The summed E-state index contributed by atoms with van der Waals surface area (Å²) in [5, 5.41) is 10.0. The van der Waals surface area contributed by atoms with Crippen LogP contribution < -0.4 is 0 Å². The molecular weight excluding hydrogens is 172 g/mol. The van der Waals surface area contributed by atoms with Crippen molar-refractivity contribution in [1.29, 1.82) is 0 Å². The molecule has 1 N–H and O–H groups in total. The van der Waals surface area contributed by atoms with Crippen molar-refractivity contribution in [3.05, 3.63) is 0 Å². The van der Waals surface area contributed by atoms with Gasteiger partial charge in [-0.05, 0) is 0 Å². The molecule has 13 heavy (non-hydrogen) atoms. The van der Waals surface area contributed by atoms with Gasteiger partial charge in [0.25, 0.3) is 0 Å². The standard InChI is InChI=1S/C9H16O4/c1-7-2-11-3-9(8(7)10)4-12-6-13-5-9/h7-8,10H,2-6H2,1H3. The minimum Gasteiger partial charge on any atom is -0.392 e. The second kappa shape index (κ2) is 3.53. The number of ether oxygens (including phenoxy) is 3. The van der Waals surface area contributed by atoms with Crippen molar-refractivity contribution in [3.63, 3.8) is 0 Å². The first-order valence-electron chi connectivity index (χ1n) is 4.66. The molecule has 0 aromatic carbocycles. The van der Waals surface area contributed by atoms with Crippen LogP contribution in [-0.2, 0) is 14.2 Å². The molecule has 2 heterocycles. The van der Waals surface area contributed by atoms with Gasteiger partial charge >= 0.3 is 0 Å². The third kappa shape index (κ3) is 1.59. The maximum absolute atomic E-state index is 10.0.